The van der Waals surface area contributed by atoms with Gasteiger partial charge in [-0.1, -0.05) is 12.1 Å². The summed E-state index contributed by atoms with van der Waals surface area (Å²) in [4.78, 5) is 25.5. The van der Waals surface area contributed by atoms with E-state index in [0.717, 1.165) is 0 Å². The smallest absolute Gasteiger partial charge is 0.251 e. The molecule has 0 unspecified atom stereocenters. The Hall–Kier alpha value is -1.99. The highest BCUT2D eigenvalue weighted by Gasteiger charge is 2.39. The first-order valence-electron chi connectivity index (χ1n) is 6.94. The van der Waals surface area contributed by atoms with E-state index < -0.39 is 18.0 Å². The summed E-state index contributed by atoms with van der Waals surface area (Å²) in [7, 11) is 3.11. The van der Waals surface area contributed by atoms with Crippen LogP contribution in [0.3, 0.4) is 0 Å². The minimum absolute atomic E-state index is 0.176. The van der Waals surface area contributed by atoms with Gasteiger partial charge in [-0.05, 0) is 17.7 Å². The van der Waals surface area contributed by atoms with Gasteiger partial charge >= 0.3 is 0 Å². The van der Waals surface area contributed by atoms with Crippen LogP contribution >= 0.6 is 0 Å². The molecule has 22 heavy (non-hydrogen) atoms. The van der Waals surface area contributed by atoms with E-state index >= 15 is 0 Å². The third-order valence-corrected chi connectivity index (χ3v) is 3.54. The van der Waals surface area contributed by atoms with E-state index in [4.69, 9.17) is 9.47 Å². The molecule has 1 saturated heterocycles. The van der Waals surface area contributed by atoms with Gasteiger partial charge in [-0.15, -0.1) is 0 Å². The highest BCUT2D eigenvalue weighted by molar-refractivity contribution is 5.86. The number of nitrogens with one attached hydrogen (secondary N) is 1. The van der Waals surface area contributed by atoms with E-state index in [2.05, 4.69) is 5.32 Å². The van der Waals surface area contributed by atoms with Gasteiger partial charge in [-0.25, -0.2) is 4.39 Å². The Morgan fingerprint density at radius 3 is 3.00 bits per heavy atom. The van der Waals surface area contributed by atoms with Crippen LogP contribution in [0.2, 0.25) is 0 Å². The van der Waals surface area contributed by atoms with E-state index in [1.807, 2.05) is 0 Å². The first-order valence-corrected chi connectivity index (χ1v) is 6.94. The minimum Gasteiger partial charge on any atom is -0.383 e. The number of benzene rings is 1. The highest BCUT2D eigenvalue weighted by atomic mass is 19.1. The monoisotopic (exact) mass is 310 g/mol. The molecular formula is C15H19FN2O4. The molecule has 0 saturated carbocycles. The number of carbonyl (C=O) groups is 2. The van der Waals surface area contributed by atoms with Crippen molar-refractivity contribution in [1.82, 2.24) is 10.2 Å². The zero-order chi connectivity index (χ0) is 16.1. The average molecular weight is 310 g/mol. The fourth-order valence-electron chi connectivity index (χ4n) is 2.40. The molecule has 1 fully saturated rings. The lowest BCUT2D eigenvalue weighted by Gasteiger charge is -2.38. The number of nitrogens with zero attached hydrogens (tertiary/aromatic N) is 1. The summed E-state index contributed by atoms with van der Waals surface area (Å²) in [6.07, 6.45) is -0.888. The molecule has 6 nitrogen and oxygen atoms in total. The molecule has 120 valence electrons. The van der Waals surface area contributed by atoms with Gasteiger partial charge in [-0.2, -0.15) is 0 Å². The summed E-state index contributed by atoms with van der Waals surface area (Å²) in [5, 5.41) is 2.68. The number of morpholine rings is 1. The summed E-state index contributed by atoms with van der Waals surface area (Å²) in [5.41, 5.74) is 0.516. The lowest BCUT2D eigenvalue weighted by molar-refractivity contribution is -0.162. The number of hydrogen-bond donors (Lipinski definition) is 1. The van der Waals surface area contributed by atoms with E-state index in [0.29, 0.717) is 18.7 Å². The predicted molar refractivity (Wildman–Crippen MR) is 76.5 cm³/mol. The number of ether oxygens (including phenoxy) is 2. The van der Waals surface area contributed by atoms with Crippen molar-refractivity contribution in [3.8, 4) is 0 Å². The van der Waals surface area contributed by atoms with Gasteiger partial charge < -0.3 is 19.7 Å². The number of amides is 2. The third kappa shape index (κ3) is 3.61. The van der Waals surface area contributed by atoms with Crippen LogP contribution in [-0.2, 0) is 19.1 Å². The van der Waals surface area contributed by atoms with Crippen molar-refractivity contribution >= 4 is 11.8 Å². The van der Waals surface area contributed by atoms with E-state index in [1.165, 1.54) is 30.2 Å². The van der Waals surface area contributed by atoms with Crippen molar-refractivity contribution < 1.29 is 23.5 Å². The quantitative estimate of drug-likeness (QED) is 0.804. The van der Waals surface area contributed by atoms with E-state index in [9.17, 15) is 14.0 Å². The fourth-order valence-corrected chi connectivity index (χ4v) is 2.40. The Morgan fingerprint density at radius 2 is 2.32 bits per heavy atom. The molecule has 7 heteroatoms. The number of hydrogen-bond acceptors (Lipinski definition) is 4. The molecule has 1 aromatic carbocycles. The van der Waals surface area contributed by atoms with Gasteiger partial charge in [0.05, 0.1) is 12.6 Å². The van der Waals surface area contributed by atoms with Gasteiger partial charge in [0.15, 0.2) is 6.10 Å². The second-order valence-electron chi connectivity index (χ2n) is 5.02. The number of rotatable bonds is 5. The number of likely N-dealkylation sites (N-methyl/N-ethyl adjacent to an activating group) is 1. The molecule has 1 aromatic rings. The van der Waals surface area contributed by atoms with Gasteiger partial charge in [0, 0.05) is 20.7 Å². The van der Waals surface area contributed by atoms with Crippen molar-refractivity contribution in [2.24, 2.45) is 0 Å². The molecule has 0 bridgehead atoms. The summed E-state index contributed by atoms with van der Waals surface area (Å²) >= 11 is 0. The molecule has 1 N–H and O–H groups in total. The zero-order valence-electron chi connectivity index (χ0n) is 12.5. The summed E-state index contributed by atoms with van der Waals surface area (Å²) in [6.45, 7) is 0.533. The predicted octanol–water partition coefficient (Wildman–Crippen LogP) is 0.487. The second-order valence-corrected chi connectivity index (χ2v) is 5.02. The minimum atomic E-state index is -0.888. The summed E-state index contributed by atoms with van der Waals surface area (Å²) in [6, 6.07) is 5.15. The van der Waals surface area contributed by atoms with Crippen LogP contribution in [0.1, 0.15) is 11.6 Å². The van der Waals surface area contributed by atoms with Crippen molar-refractivity contribution in [2.45, 2.75) is 12.1 Å². The van der Waals surface area contributed by atoms with Crippen molar-refractivity contribution in [1.29, 1.82) is 0 Å². The Balaban J connectivity index is 2.22. The number of carbonyl (C=O) groups excluding carboxylic acids is 2. The number of halogens is 1. The molecule has 2 atom stereocenters. The van der Waals surface area contributed by atoms with Crippen LogP contribution < -0.4 is 5.32 Å². The SMILES string of the molecule is COCCNC(=O)[C@@H]1OCC(=O)N(C)[C@@H]1c1cccc(F)c1. The maximum Gasteiger partial charge on any atom is 0.251 e. The Labute approximate surface area is 128 Å². The first-order chi connectivity index (χ1) is 10.5. The topological polar surface area (TPSA) is 67.9 Å². The van der Waals surface area contributed by atoms with Gasteiger partial charge in [0.25, 0.3) is 5.91 Å². The molecule has 1 aliphatic heterocycles. The Kier molecular flexibility index (Phi) is 5.46. The highest BCUT2D eigenvalue weighted by Crippen LogP contribution is 2.29. The molecule has 2 rings (SSSR count). The molecule has 1 aliphatic rings. The van der Waals surface area contributed by atoms with Gasteiger partial charge in [-0.3, -0.25) is 9.59 Å². The lowest BCUT2D eigenvalue weighted by Crippen LogP contribution is -2.53. The normalized spacial score (nSPS) is 21.8. The van der Waals surface area contributed by atoms with Crippen LogP contribution in [0, 0.1) is 5.82 Å². The molecule has 0 aliphatic carbocycles. The number of methoxy groups -OCH3 is 1. The summed E-state index contributed by atoms with van der Waals surface area (Å²) < 4.78 is 23.7. The van der Waals surface area contributed by atoms with E-state index in [-0.39, 0.29) is 18.4 Å². The Bertz CT molecular complexity index is 552. The molecule has 0 spiro atoms. The molecule has 2 amide bonds. The van der Waals surface area contributed by atoms with Crippen LogP contribution in [0.5, 0.6) is 0 Å². The molecule has 1 heterocycles. The van der Waals surface area contributed by atoms with Crippen LogP contribution in [0.15, 0.2) is 24.3 Å². The maximum atomic E-state index is 13.5. The average Bonchev–Trinajstić information content (AvgIpc) is 2.50. The standard InChI is InChI=1S/C15H19FN2O4/c1-18-12(19)9-22-14(15(20)17-6-7-21-2)13(18)10-4-3-5-11(16)8-10/h3-5,8,13-14H,6-7,9H2,1-2H3,(H,17,20)/t13-,14-/m1/s1. The van der Waals surface area contributed by atoms with E-state index in [1.54, 1.807) is 13.1 Å². The van der Waals surface area contributed by atoms with Crippen molar-refractivity contribution in [3.05, 3.63) is 35.6 Å². The van der Waals surface area contributed by atoms with Crippen LogP contribution in [-0.4, -0.2) is 56.7 Å². The molecule has 0 aromatic heterocycles. The maximum absolute atomic E-state index is 13.5. The van der Waals surface area contributed by atoms with Gasteiger partial charge in [0.2, 0.25) is 5.91 Å². The summed E-state index contributed by atoms with van der Waals surface area (Å²) in [5.74, 6) is -1.04. The molecule has 0 radical (unpaired) electrons. The van der Waals surface area contributed by atoms with Crippen LogP contribution in [0.25, 0.3) is 0 Å². The van der Waals surface area contributed by atoms with Crippen molar-refractivity contribution in [2.75, 3.05) is 33.9 Å². The Morgan fingerprint density at radius 1 is 1.55 bits per heavy atom. The largest absolute Gasteiger partial charge is 0.383 e. The third-order valence-electron chi connectivity index (χ3n) is 3.54. The van der Waals surface area contributed by atoms with Gasteiger partial charge in [0.1, 0.15) is 12.4 Å². The molecular weight excluding hydrogens is 291 g/mol. The lowest BCUT2D eigenvalue weighted by atomic mass is 9.97. The van der Waals surface area contributed by atoms with Crippen molar-refractivity contribution in [3.63, 3.8) is 0 Å². The second kappa shape index (κ2) is 7.33. The van der Waals surface area contributed by atoms with Crippen LogP contribution in [0.4, 0.5) is 4.39 Å². The fraction of sp³-hybridized carbons (Fsp3) is 0.467. The first kappa shape index (κ1) is 16.4. The zero-order valence-corrected chi connectivity index (χ0v) is 12.5.